The fourth-order valence-corrected chi connectivity index (χ4v) is 0.679. The number of hydrogen-bond donors (Lipinski definition) is 0. The van der Waals surface area contributed by atoms with E-state index in [1.165, 1.54) is 7.05 Å². The van der Waals surface area contributed by atoms with Crippen LogP contribution in [0.25, 0.3) is 0 Å². The summed E-state index contributed by atoms with van der Waals surface area (Å²) in [5, 5.41) is 0. The maximum atomic E-state index is 12.4. The minimum atomic E-state index is -3.87. The van der Waals surface area contributed by atoms with Gasteiger partial charge < -0.3 is 4.90 Å². The molecule has 0 saturated heterocycles. The monoisotopic (exact) mass is 161 g/mol. The second-order valence-corrected chi connectivity index (χ2v) is 2.17. The predicted molar refractivity (Wildman–Crippen MR) is 31.9 cm³/mol. The number of carbonyl (C=O) groups excluding carboxylic acids is 2. The highest BCUT2D eigenvalue weighted by Gasteiger charge is 2.49. The first-order chi connectivity index (χ1) is 4.96. The minimum Gasteiger partial charge on any atom is -0.316 e. The van der Waals surface area contributed by atoms with Gasteiger partial charge in [0.25, 0.3) is 0 Å². The molecule has 1 aliphatic heterocycles. The lowest BCUT2D eigenvalue weighted by Crippen LogP contribution is -2.47. The number of allylic oxidation sites excluding steroid dienone is 1. The smallest absolute Gasteiger partial charge is 0.316 e. The second-order valence-electron chi connectivity index (χ2n) is 2.17. The van der Waals surface area contributed by atoms with Crippen molar-refractivity contribution >= 4 is 11.7 Å². The van der Waals surface area contributed by atoms with Crippen LogP contribution >= 0.6 is 0 Å². The van der Waals surface area contributed by atoms with Gasteiger partial charge in [-0.2, -0.15) is 8.78 Å². The van der Waals surface area contributed by atoms with E-state index in [4.69, 9.17) is 0 Å². The third-order valence-electron chi connectivity index (χ3n) is 1.35. The minimum absolute atomic E-state index is 0.682. The molecule has 60 valence electrons. The SMILES string of the molecule is CN1C=CC(=O)C(F)(F)C1=O. The fraction of sp³-hybridized carbons (Fsp3) is 0.333. The molecule has 11 heavy (non-hydrogen) atoms. The molecule has 0 spiro atoms. The molecule has 3 nitrogen and oxygen atoms in total. The Morgan fingerprint density at radius 3 is 2.45 bits per heavy atom. The summed E-state index contributed by atoms with van der Waals surface area (Å²) in [6, 6.07) is 0. The van der Waals surface area contributed by atoms with Crippen molar-refractivity contribution in [3.8, 4) is 0 Å². The van der Waals surface area contributed by atoms with Crippen molar-refractivity contribution in [1.29, 1.82) is 0 Å². The number of alkyl halides is 2. The van der Waals surface area contributed by atoms with Gasteiger partial charge in [-0.1, -0.05) is 0 Å². The van der Waals surface area contributed by atoms with Crippen molar-refractivity contribution in [1.82, 2.24) is 4.90 Å². The van der Waals surface area contributed by atoms with Gasteiger partial charge in [-0.25, -0.2) is 0 Å². The molecular formula is C6H5F2NO2. The lowest BCUT2D eigenvalue weighted by atomic mass is 10.1. The maximum Gasteiger partial charge on any atom is 0.385 e. The van der Waals surface area contributed by atoms with Gasteiger partial charge in [-0.15, -0.1) is 0 Å². The van der Waals surface area contributed by atoms with Gasteiger partial charge in [0.2, 0.25) is 5.78 Å². The zero-order valence-electron chi connectivity index (χ0n) is 5.67. The van der Waals surface area contributed by atoms with E-state index in [9.17, 15) is 18.4 Å². The average molecular weight is 161 g/mol. The second kappa shape index (κ2) is 2.11. The molecule has 1 amide bonds. The summed E-state index contributed by atoms with van der Waals surface area (Å²) in [6.07, 6.45) is 1.70. The maximum absolute atomic E-state index is 12.4. The Morgan fingerprint density at radius 1 is 1.45 bits per heavy atom. The van der Waals surface area contributed by atoms with E-state index in [1.807, 2.05) is 0 Å². The Balaban J connectivity index is 3.07. The lowest BCUT2D eigenvalue weighted by Gasteiger charge is -2.21. The Labute approximate surface area is 61.3 Å². The van der Waals surface area contributed by atoms with Crippen LogP contribution in [0.4, 0.5) is 8.78 Å². The fourth-order valence-electron chi connectivity index (χ4n) is 0.679. The summed E-state index contributed by atoms with van der Waals surface area (Å²) in [5.41, 5.74) is 0. The van der Waals surface area contributed by atoms with Crippen molar-refractivity contribution in [2.24, 2.45) is 0 Å². The summed E-state index contributed by atoms with van der Waals surface area (Å²) in [5.74, 6) is -6.81. The number of ketones is 1. The first-order valence-corrected chi connectivity index (χ1v) is 2.84. The topological polar surface area (TPSA) is 37.4 Å². The van der Waals surface area contributed by atoms with E-state index in [2.05, 4.69) is 0 Å². The molecule has 0 fully saturated rings. The lowest BCUT2D eigenvalue weighted by molar-refractivity contribution is -0.162. The molecule has 1 heterocycles. The third kappa shape index (κ3) is 1.02. The van der Waals surface area contributed by atoms with Crippen LogP contribution in [0.15, 0.2) is 12.3 Å². The van der Waals surface area contributed by atoms with Crippen molar-refractivity contribution in [3.63, 3.8) is 0 Å². The van der Waals surface area contributed by atoms with Gasteiger partial charge in [0.05, 0.1) is 0 Å². The standard InChI is InChI=1S/C6H5F2NO2/c1-9-3-2-4(10)6(7,8)5(9)11/h2-3H,1H3. The van der Waals surface area contributed by atoms with E-state index in [1.54, 1.807) is 0 Å². The third-order valence-corrected chi connectivity index (χ3v) is 1.35. The van der Waals surface area contributed by atoms with Gasteiger partial charge in [0.1, 0.15) is 0 Å². The molecule has 0 radical (unpaired) electrons. The Morgan fingerprint density at radius 2 is 2.00 bits per heavy atom. The summed E-state index contributed by atoms with van der Waals surface area (Å²) >= 11 is 0. The van der Waals surface area contributed by atoms with Gasteiger partial charge in [0.15, 0.2) is 0 Å². The zero-order chi connectivity index (χ0) is 8.65. The Hall–Kier alpha value is -1.26. The van der Waals surface area contributed by atoms with Crippen LogP contribution in [0.5, 0.6) is 0 Å². The van der Waals surface area contributed by atoms with Crippen molar-refractivity contribution < 1.29 is 18.4 Å². The highest BCUT2D eigenvalue weighted by Crippen LogP contribution is 2.21. The van der Waals surface area contributed by atoms with Crippen LogP contribution in [0, 0.1) is 0 Å². The summed E-state index contributed by atoms with van der Waals surface area (Å²) in [6.45, 7) is 0. The largest absolute Gasteiger partial charge is 0.385 e. The average Bonchev–Trinajstić information content (AvgIpc) is 1.95. The van der Waals surface area contributed by atoms with E-state index < -0.39 is 17.6 Å². The van der Waals surface area contributed by atoms with Crippen LogP contribution in [-0.4, -0.2) is 29.6 Å². The van der Waals surface area contributed by atoms with Crippen molar-refractivity contribution in [3.05, 3.63) is 12.3 Å². The molecule has 0 aliphatic carbocycles. The first-order valence-electron chi connectivity index (χ1n) is 2.84. The van der Waals surface area contributed by atoms with Crippen molar-refractivity contribution in [2.45, 2.75) is 5.92 Å². The van der Waals surface area contributed by atoms with E-state index in [-0.39, 0.29) is 0 Å². The van der Waals surface area contributed by atoms with Gasteiger partial charge in [-0.3, -0.25) is 9.59 Å². The molecule has 0 N–H and O–H groups in total. The van der Waals surface area contributed by atoms with Crippen LogP contribution in [0.3, 0.4) is 0 Å². The van der Waals surface area contributed by atoms with E-state index >= 15 is 0 Å². The van der Waals surface area contributed by atoms with Crippen LogP contribution in [-0.2, 0) is 9.59 Å². The predicted octanol–water partition coefficient (Wildman–Crippen LogP) is 0.176. The number of amides is 1. The number of carbonyl (C=O) groups is 2. The molecule has 1 aliphatic rings. The molecule has 0 aromatic carbocycles. The summed E-state index contributed by atoms with van der Waals surface area (Å²) in [4.78, 5) is 21.6. The highest BCUT2D eigenvalue weighted by molar-refractivity contribution is 6.14. The van der Waals surface area contributed by atoms with Gasteiger partial charge in [0, 0.05) is 19.3 Å². The van der Waals surface area contributed by atoms with Crippen LogP contribution < -0.4 is 0 Å². The number of rotatable bonds is 0. The molecule has 0 aromatic rings. The van der Waals surface area contributed by atoms with Crippen molar-refractivity contribution in [2.75, 3.05) is 7.05 Å². The molecule has 0 aromatic heterocycles. The van der Waals surface area contributed by atoms with Gasteiger partial charge >= 0.3 is 11.8 Å². The number of halogens is 2. The Kier molecular flexibility index (Phi) is 1.51. The van der Waals surface area contributed by atoms with Gasteiger partial charge in [-0.05, 0) is 0 Å². The molecule has 0 atom stereocenters. The van der Waals surface area contributed by atoms with Crippen LogP contribution in [0.2, 0.25) is 0 Å². The Bertz CT molecular complexity index is 247. The molecule has 5 heteroatoms. The highest BCUT2D eigenvalue weighted by atomic mass is 19.3. The molecule has 0 unspecified atom stereocenters. The molecule has 1 rings (SSSR count). The molecule has 0 bridgehead atoms. The summed E-state index contributed by atoms with van der Waals surface area (Å²) < 4.78 is 24.9. The quantitative estimate of drug-likeness (QED) is 0.475. The first kappa shape index (κ1) is 7.84. The number of nitrogens with zero attached hydrogens (tertiary/aromatic N) is 1. The normalized spacial score (nSPS) is 22.6. The molecule has 0 saturated carbocycles. The van der Waals surface area contributed by atoms with E-state index in [0.717, 1.165) is 6.20 Å². The number of hydrogen-bond acceptors (Lipinski definition) is 2. The van der Waals surface area contributed by atoms with Crippen LogP contribution in [0.1, 0.15) is 0 Å². The molecular weight excluding hydrogens is 156 g/mol. The summed E-state index contributed by atoms with van der Waals surface area (Å²) in [7, 11) is 1.17. The zero-order valence-corrected chi connectivity index (χ0v) is 5.67. The van der Waals surface area contributed by atoms with E-state index in [0.29, 0.717) is 11.0 Å².